The van der Waals surface area contributed by atoms with Crippen molar-refractivity contribution in [1.29, 1.82) is 0 Å². The van der Waals surface area contributed by atoms with Crippen LogP contribution < -0.4 is 19.9 Å². The molecule has 3 aromatic rings. The molecule has 0 fully saturated rings. The summed E-state index contributed by atoms with van der Waals surface area (Å²) in [5.41, 5.74) is 3.47. The Morgan fingerprint density at radius 1 is 1.19 bits per heavy atom. The number of ether oxygens (including phenoxy) is 1. The summed E-state index contributed by atoms with van der Waals surface area (Å²) in [7, 11) is 7.75. The van der Waals surface area contributed by atoms with Gasteiger partial charge in [0, 0.05) is 57.6 Å². The van der Waals surface area contributed by atoms with E-state index in [1.54, 1.807) is 18.1 Å². The molecular formula is C26H34N8O3. The third kappa shape index (κ3) is 5.88. The molecule has 1 aliphatic rings. The second-order valence-electron chi connectivity index (χ2n) is 9.75. The van der Waals surface area contributed by atoms with E-state index in [4.69, 9.17) is 9.72 Å². The maximum Gasteiger partial charge on any atom is 0.313 e. The van der Waals surface area contributed by atoms with E-state index in [1.165, 1.54) is 17.3 Å². The maximum atomic E-state index is 12.0. The van der Waals surface area contributed by atoms with Crippen molar-refractivity contribution in [2.24, 2.45) is 0 Å². The number of hydrogen-bond acceptors (Lipinski definition) is 10. The number of rotatable bonds is 10. The number of para-hydroxylation sites is 1. The van der Waals surface area contributed by atoms with E-state index in [0.29, 0.717) is 18.2 Å². The molecule has 0 aliphatic carbocycles. The lowest BCUT2D eigenvalue weighted by atomic mass is 9.98. The fourth-order valence-corrected chi connectivity index (χ4v) is 4.35. The van der Waals surface area contributed by atoms with E-state index in [1.807, 2.05) is 51.0 Å². The van der Waals surface area contributed by atoms with E-state index in [0.717, 1.165) is 18.8 Å². The minimum Gasteiger partial charge on any atom is -0.473 e. The van der Waals surface area contributed by atoms with Crippen molar-refractivity contribution in [1.82, 2.24) is 19.9 Å². The zero-order valence-corrected chi connectivity index (χ0v) is 22.2. The summed E-state index contributed by atoms with van der Waals surface area (Å²) in [6, 6.07) is 11.6. The van der Waals surface area contributed by atoms with Gasteiger partial charge in [-0.15, -0.1) is 0 Å². The predicted octanol–water partition coefficient (Wildman–Crippen LogP) is 3.89. The van der Waals surface area contributed by atoms with E-state index < -0.39 is 4.92 Å². The summed E-state index contributed by atoms with van der Waals surface area (Å²) < 4.78 is 5.96. The van der Waals surface area contributed by atoms with E-state index in [-0.39, 0.29) is 29.4 Å². The van der Waals surface area contributed by atoms with Gasteiger partial charge in [-0.25, -0.2) is 9.97 Å². The molecule has 11 nitrogen and oxygen atoms in total. The molecule has 37 heavy (non-hydrogen) atoms. The predicted molar refractivity (Wildman–Crippen MR) is 145 cm³/mol. The van der Waals surface area contributed by atoms with Crippen molar-refractivity contribution in [3.8, 4) is 5.88 Å². The van der Waals surface area contributed by atoms with Gasteiger partial charge in [-0.1, -0.05) is 18.2 Å². The molecule has 1 aromatic carbocycles. The molecule has 11 heteroatoms. The summed E-state index contributed by atoms with van der Waals surface area (Å²) in [6.07, 6.45) is 1.51. The van der Waals surface area contributed by atoms with Gasteiger partial charge < -0.3 is 24.8 Å². The number of benzene rings is 1. The molecule has 196 valence electrons. The van der Waals surface area contributed by atoms with Crippen LogP contribution in [0.1, 0.15) is 31.0 Å². The maximum absolute atomic E-state index is 12.0. The molecule has 4 rings (SSSR count). The normalized spacial score (nSPS) is 14.7. The highest BCUT2D eigenvalue weighted by atomic mass is 16.6. The summed E-state index contributed by atoms with van der Waals surface area (Å²) in [5, 5.41) is 15.1. The van der Waals surface area contributed by atoms with Crippen LogP contribution in [0.5, 0.6) is 5.88 Å². The Kier molecular flexibility index (Phi) is 7.72. The third-order valence-corrected chi connectivity index (χ3v) is 6.20. The van der Waals surface area contributed by atoms with Gasteiger partial charge in [0.15, 0.2) is 0 Å². The van der Waals surface area contributed by atoms with Crippen molar-refractivity contribution in [3.05, 3.63) is 64.0 Å². The van der Waals surface area contributed by atoms with Crippen LogP contribution in [-0.2, 0) is 0 Å². The monoisotopic (exact) mass is 506 g/mol. The molecule has 0 radical (unpaired) electrons. The van der Waals surface area contributed by atoms with Gasteiger partial charge in [0.05, 0.1) is 16.7 Å². The lowest BCUT2D eigenvalue weighted by Gasteiger charge is -2.22. The van der Waals surface area contributed by atoms with Gasteiger partial charge in [-0.3, -0.25) is 10.1 Å². The lowest BCUT2D eigenvalue weighted by Crippen LogP contribution is -2.29. The standard InChI is InChI=1S/C26H34N8O3/c1-17(2)37-25-21(15-23(34(35)36)24(30-25)32(5)14-13-31(3)4)29-26-27-12-11-20(28-26)19-16-33(6)22-10-8-7-9-18(19)22/h7-12,15,17,19H,13-14,16H2,1-6H3,(H,27,28,29). The first-order chi connectivity index (χ1) is 17.6. The highest BCUT2D eigenvalue weighted by molar-refractivity contribution is 5.71. The molecule has 3 heterocycles. The van der Waals surface area contributed by atoms with E-state index >= 15 is 0 Å². The minimum atomic E-state index is -0.429. The molecule has 2 aromatic heterocycles. The number of likely N-dealkylation sites (N-methyl/N-ethyl adjacent to an activating group) is 3. The van der Waals surface area contributed by atoms with Gasteiger partial charge >= 0.3 is 5.69 Å². The van der Waals surface area contributed by atoms with Crippen LogP contribution in [0, 0.1) is 10.1 Å². The van der Waals surface area contributed by atoms with Gasteiger partial charge in [0.2, 0.25) is 17.6 Å². The first-order valence-corrected chi connectivity index (χ1v) is 12.3. The number of nitrogens with one attached hydrogen (secondary N) is 1. The second-order valence-corrected chi connectivity index (χ2v) is 9.75. The summed E-state index contributed by atoms with van der Waals surface area (Å²) in [5.74, 6) is 0.917. The van der Waals surface area contributed by atoms with Crippen LogP contribution in [0.15, 0.2) is 42.6 Å². The highest BCUT2D eigenvalue weighted by Gasteiger charge is 2.29. The summed E-state index contributed by atoms with van der Waals surface area (Å²) in [4.78, 5) is 31.3. The summed E-state index contributed by atoms with van der Waals surface area (Å²) >= 11 is 0. The molecule has 0 bridgehead atoms. The van der Waals surface area contributed by atoms with Crippen LogP contribution in [0.3, 0.4) is 0 Å². The largest absolute Gasteiger partial charge is 0.473 e. The number of nitrogens with zero attached hydrogens (tertiary/aromatic N) is 7. The van der Waals surface area contributed by atoms with Gasteiger partial charge in [-0.2, -0.15) is 4.98 Å². The van der Waals surface area contributed by atoms with Crippen LogP contribution in [0.4, 0.5) is 28.8 Å². The minimum absolute atomic E-state index is 0.0938. The van der Waals surface area contributed by atoms with Crippen LogP contribution in [-0.4, -0.2) is 78.7 Å². The zero-order valence-electron chi connectivity index (χ0n) is 22.2. The topological polar surface area (TPSA) is 113 Å². The number of fused-ring (bicyclic) bond motifs is 1. The van der Waals surface area contributed by atoms with Gasteiger partial charge in [0.25, 0.3) is 0 Å². The molecule has 0 spiro atoms. The van der Waals surface area contributed by atoms with Crippen molar-refractivity contribution in [3.63, 3.8) is 0 Å². The quantitative estimate of drug-likeness (QED) is 0.321. The van der Waals surface area contributed by atoms with Crippen LogP contribution >= 0.6 is 0 Å². The van der Waals surface area contributed by atoms with Crippen molar-refractivity contribution in [2.45, 2.75) is 25.9 Å². The first kappa shape index (κ1) is 26.1. The SMILES string of the molecule is CC(C)Oc1nc(N(C)CCN(C)C)c([N+](=O)[O-])cc1Nc1nccc(C2CN(C)c3ccccc32)n1. The molecule has 1 atom stereocenters. The smallest absolute Gasteiger partial charge is 0.313 e. The molecular weight excluding hydrogens is 472 g/mol. The van der Waals surface area contributed by atoms with E-state index in [2.05, 4.69) is 39.4 Å². The zero-order chi connectivity index (χ0) is 26.7. The number of aromatic nitrogens is 3. The lowest BCUT2D eigenvalue weighted by molar-refractivity contribution is -0.384. The molecule has 0 amide bonds. The molecule has 1 N–H and O–H groups in total. The van der Waals surface area contributed by atoms with Crippen LogP contribution in [0.2, 0.25) is 0 Å². The molecule has 0 saturated carbocycles. The Balaban J connectivity index is 1.68. The third-order valence-electron chi connectivity index (χ3n) is 6.20. The molecule has 0 saturated heterocycles. The summed E-state index contributed by atoms with van der Waals surface area (Å²) in [6.45, 7) is 5.85. The molecule has 1 unspecified atom stereocenters. The highest BCUT2D eigenvalue weighted by Crippen LogP contribution is 2.39. The Hall–Kier alpha value is -3.99. The van der Waals surface area contributed by atoms with E-state index in [9.17, 15) is 10.1 Å². The van der Waals surface area contributed by atoms with Gasteiger partial charge in [-0.05, 0) is 45.6 Å². The first-order valence-electron chi connectivity index (χ1n) is 12.3. The Labute approximate surface area is 217 Å². The van der Waals surface area contributed by atoms with Crippen LogP contribution in [0.25, 0.3) is 0 Å². The molecule has 1 aliphatic heterocycles. The second kappa shape index (κ2) is 11.0. The Bertz CT molecular complexity index is 1270. The van der Waals surface area contributed by atoms with Crippen molar-refractivity contribution >= 4 is 28.8 Å². The Morgan fingerprint density at radius 2 is 1.95 bits per heavy atom. The average Bonchev–Trinajstić information content (AvgIpc) is 3.19. The number of nitro groups is 1. The van der Waals surface area contributed by atoms with Gasteiger partial charge in [0.1, 0.15) is 5.69 Å². The Morgan fingerprint density at radius 3 is 2.65 bits per heavy atom. The number of pyridine rings is 1. The van der Waals surface area contributed by atoms with Crippen molar-refractivity contribution < 1.29 is 9.66 Å². The fourth-order valence-electron chi connectivity index (χ4n) is 4.35. The number of anilines is 4. The van der Waals surface area contributed by atoms with Crippen molar-refractivity contribution in [2.75, 3.05) is 62.9 Å². The fraction of sp³-hybridized carbons (Fsp3) is 0.423. The number of hydrogen-bond donors (Lipinski definition) is 1. The average molecular weight is 507 g/mol.